The number of guanidine groups is 1. The van der Waals surface area contributed by atoms with E-state index >= 15 is 0 Å². The van der Waals surface area contributed by atoms with Crippen molar-refractivity contribution in [3.63, 3.8) is 0 Å². The number of ether oxygens (including phenoxy) is 1. The van der Waals surface area contributed by atoms with E-state index in [1.165, 1.54) is 0 Å². The summed E-state index contributed by atoms with van der Waals surface area (Å²) in [6.45, 7) is 0.433. The molecule has 0 amide bonds. The van der Waals surface area contributed by atoms with Crippen LogP contribution in [0.1, 0.15) is 11.1 Å². The molecule has 3 rings (SSSR count). The fourth-order valence-corrected chi connectivity index (χ4v) is 2.99. The van der Waals surface area contributed by atoms with Gasteiger partial charge in [0.25, 0.3) is 0 Å². The minimum Gasteiger partial charge on any atom is -0.495 e. The number of hydrogen-bond donors (Lipinski definition) is 2. The van der Waals surface area contributed by atoms with Gasteiger partial charge < -0.3 is 15.8 Å². The average molecular weight is 519 g/mol. The van der Waals surface area contributed by atoms with Crippen LogP contribution in [0.5, 0.6) is 5.75 Å². The van der Waals surface area contributed by atoms with Crippen molar-refractivity contribution in [2.75, 3.05) is 12.4 Å². The molecule has 3 N–H and O–H groups in total. The molecule has 29 heavy (non-hydrogen) atoms. The van der Waals surface area contributed by atoms with Crippen molar-refractivity contribution in [3.8, 4) is 22.9 Å². The molecule has 0 aromatic heterocycles. The van der Waals surface area contributed by atoms with Crippen LogP contribution in [0.15, 0.2) is 71.7 Å². The lowest BCUT2D eigenvalue weighted by Crippen LogP contribution is -2.22. The fraction of sp³-hybridized carbons (Fsp3) is 0.0909. The summed E-state index contributed by atoms with van der Waals surface area (Å²) in [5, 5.41) is 12.7. The normalized spacial score (nSPS) is 10.6. The lowest BCUT2D eigenvalue weighted by Gasteiger charge is -2.09. The fourth-order valence-electron chi connectivity index (χ4n) is 2.73. The Labute approximate surface area is 192 Å². The summed E-state index contributed by atoms with van der Waals surface area (Å²) in [6, 6.07) is 23.0. The van der Waals surface area contributed by atoms with Crippen LogP contribution in [0, 0.1) is 11.3 Å². The second-order valence-corrected chi connectivity index (χ2v) is 6.44. The van der Waals surface area contributed by atoms with Crippen molar-refractivity contribution >= 4 is 47.2 Å². The van der Waals surface area contributed by atoms with Crippen molar-refractivity contribution in [2.24, 2.45) is 10.7 Å². The van der Waals surface area contributed by atoms with Crippen LogP contribution in [-0.2, 0) is 6.54 Å². The zero-order chi connectivity index (χ0) is 19.9. The number of aliphatic imine (C=N–C) groups is 1. The van der Waals surface area contributed by atoms with E-state index in [0.29, 0.717) is 28.8 Å². The van der Waals surface area contributed by atoms with Crippen LogP contribution in [0.4, 0.5) is 5.69 Å². The van der Waals surface area contributed by atoms with Gasteiger partial charge in [0.2, 0.25) is 0 Å². The Hall–Kier alpha value is -2.76. The Balaban J connectivity index is 0.00000300. The predicted molar refractivity (Wildman–Crippen MR) is 129 cm³/mol. The third-order valence-corrected chi connectivity index (χ3v) is 4.46. The number of nitrogens with two attached hydrogens (primary N) is 1. The largest absolute Gasteiger partial charge is 0.495 e. The number of hydrogen-bond acceptors (Lipinski definition) is 3. The van der Waals surface area contributed by atoms with Gasteiger partial charge in [0, 0.05) is 5.69 Å². The number of methoxy groups -OCH3 is 1. The quantitative estimate of drug-likeness (QED) is 0.268. The Morgan fingerprint density at radius 1 is 1.14 bits per heavy atom. The predicted octanol–water partition coefficient (Wildman–Crippen LogP) is 5.43. The first kappa shape index (κ1) is 22.5. The van der Waals surface area contributed by atoms with Gasteiger partial charge in [-0.25, -0.2) is 4.99 Å². The van der Waals surface area contributed by atoms with Crippen LogP contribution in [0.2, 0.25) is 5.02 Å². The summed E-state index contributed by atoms with van der Waals surface area (Å²) in [5.74, 6) is 0.890. The van der Waals surface area contributed by atoms with Gasteiger partial charge in [0.05, 0.1) is 30.3 Å². The maximum atomic E-state index is 9.24. The first-order valence-electron chi connectivity index (χ1n) is 8.59. The standard InChI is InChI=1S/C22H19ClN4O.HI/c1-28-21-11-10-18(12-20(21)23)27-22(25)26-14-15-6-8-16(9-7-15)19-5-3-2-4-17(19)13-24;/h2-12H,14H2,1H3,(H3,25,26,27);1H. The minimum absolute atomic E-state index is 0. The maximum Gasteiger partial charge on any atom is 0.193 e. The molecule has 0 radical (unpaired) electrons. The second-order valence-electron chi connectivity index (χ2n) is 6.03. The molecule has 0 atom stereocenters. The van der Waals surface area contributed by atoms with Gasteiger partial charge in [-0.15, -0.1) is 24.0 Å². The van der Waals surface area contributed by atoms with Gasteiger partial charge in [-0.2, -0.15) is 5.26 Å². The van der Waals surface area contributed by atoms with Crippen molar-refractivity contribution in [1.82, 2.24) is 0 Å². The Kier molecular flexibility index (Phi) is 8.31. The molecule has 0 fully saturated rings. The van der Waals surface area contributed by atoms with E-state index in [1.807, 2.05) is 54.6 Å². The first-order chi connectivity index (χ1) is 13.6. The molecule has 5 nitrogen and oxygen atoms in total. The minimum atomic E-state index is 0. The monoisotopic (exact) mass is 518 g/mol. The smallest absolute Gasteiger partial charge is 0.193 e. The highest BCUT2D eigenvalue weighted by atomic mass is 127. The van der Waals surface area contributed by atoms with E-state index in [9.17, 15) is 5.26 Å². The van der Waals surface area contributed by atoms with Crippen LogP contribution in [0.3, 0.4) is 0 Å². The topological polar surface area (TPSA) is 83.4 Å². The Morgan fingerprint density at radius 3 is 2.52 bits per heavy atom. The number of nitrogens with zero attached hydrogens (tertiary/aromatic N) is 2. The zero-order valence-electron chi connectivity index (χ0n) is 15.7. The summed E-state index contributed by atoms with van der Waals surface area (Å²) >= 11 is 6.11. The summed E-state index contributed by atoms with van der Waals surface area (Å²) < 4.78 is 5.13. The molecule has 0 aliphatic rings. The molecular weight excluding hydrogens is 499 g/mol. The second kappa shape index (κ2) is 10.7. The van der Waals surface area contributed by atoms with Gasteiger partial charge in [0.1, 0.15) is 5.75 Å². The van der Waals surface area contributed by atoms with E-state index in [1.54, 1.807) is 19.2 Å². The number of nitriles is 1. The summed E-state index contributed by atoms with van der Waals surface area (Å²) in [7, 11) is 1.56. The third kappa shape index (κ3) is 5.86. The Morgan fingerprint density at radius 2 is 1.86 bits per heavy atom. The molecule has 0 unspecified atom stereocenters. The molecule has 0 heterocycles. The van der Waals surface area contributed by atoms with E-state index in [2.05, 4.69) is 16.4 Å². The van der Waals surface area contributed by atoms with Gasteiger partial charge in [0.15, 0.2) is 5.96 Å². The molecule has 0 bridgehead atoms. The van der Waals surface area contributed by atoms with E-state index < -0.39 is 0 Å². The third-order valence-electron chi connectivity index (χ3n) is 4.17. The molecule has 0 aliphatic carbocycles. The van der Waals surface area contributed by atoms with Gasteiger partial charge >= 0.3 is 0 Å². The van der Waals surface area contributed by atoms with Crippen molar-refractivity contribution in [2.45, 2.75) is 6.54 Å². The number of halogens is 2. The highest BCUT2D eigenvalue weighted by molar-refractivity contribution is 14.0. The molecule has 7 heteroatoms. The summed E-state index contributed by atoms with van der Waals surface area (Å²) in [5.41, 5.74) is 10.3. The van der Waals surface area contributed by atoms with Crippen molar-refractivity contribution in [1.29, 1.82) is 5.26 Å². The maximum absolute atomic E-state index is 9.24. The van der Waals surface area contributed by atoms with Gasteiger partial charge in [-0.1, -0.05) is 54.1 Å². The van der Waals surface area contributed by atoms with Crippen molar-refractivity contribution < 1.29 is 4.74 Å². The molecule has 148 valence electrons. The van der Waals surface area contributed by atoms with Crippen LogP contribution in [0.25, 0.3) is 11.1 Å². The number of anilines is 1. The van der Waals surface area contributed by atoms with Gasteiger partial charge in [-0.3, -0.25) is 0 Å². The molecule has 3 aromatic carbocycles. The highest BCUT2D eigenvalue weighted by Crippen LogP contribution is 2.27. The van der Waals surface area contributed by atoms with Crippen LogP contribution in [-0.4, -0.2) is 13.1 Å². The zero-order valence-corrected chi connectivity index (χ0v) is 18.8. The average Bonchev–Trinajstić information content (AvgIpc) is 2.73. The SMILES string of the molecule is COc1ccc(NC(N)=NCc2ccc(-c3ccccc3C#N)cc2)cc1Cl.I. The molecule has 0 spiro atoms. The highest BCUT2D eigenvalue weighted by Gasteiger charge is 2.05. The lowest BCUT2D eigenvalue weighted by molar-refractivity contribution is 0.415. The molecule has 0 aliphatic heterocycles. The van der Waals surface area contributed by atoms with Crippen molar-refractivity contribution in [3.05, 3.63) is 82.9 Å². The molecule has 0 saturated carbocycles. The molecular formula is C22H20ClIN4O. The number of rotatable bonds is 5. The van der Waals surface area contributed by atoms with Crippen LogP contribution >= 0.6 is 35.6 Å². The summed E-state index contributed by atoms with van der Waals surface area (Å²) in [4.78, 5) is 4.35. The molecule has 0 saturated heterocycles. The molecule has 3 aromatic rings. The van der Waals surface area contributed by atoms with E-state index in [0.717, 1.165) is 22.4 Å². The van der Waals surface area contributed by atoms with E-state index in [4.69, 9.17) is 22.1 Å². The van der Waals surface area contributed by atoms with Crippen LogP contribution < -0.4 is 15.8 Å². The van der Waals surface area contributed by atoms with E-state index in [-0.39, 0.29) is 24.0 Å². The number of nitrogens with one attached hydrogen (secondary N) is 1. The first-order valence-corrected chi connectivity index (χ1v) is 8.97. The summed E-state index contributed by atoms with van der Waals surface area (Å²) in [6.07, 6.45) is 0. The Bertz CT molecular complexity index is 1050. The number of benzene rings is 3. The lowest BCUT2D eigenvalue weighted by atomic mass is 9.99. The van der Waals surface area contributed by atoms with Gasteiger partial charge in [-0.05, 0) is 41.0 Å².